The highest BCUT2D eigenvalue weighted by atomic mass is 35.5. The van der Waals surface area contributed by atoms with Gasteiger partial charge in [0.1, 0.15) is 11.9 Å². The van der Waals surface area contributed by atoms with E-state index >= 15 is 0 Å². The van der Waals surface area contributed by atoms with Crippen LogP contribution >= 0.6 is 12.4 Å². The highest BCUT2D eigenvalue weighted by Crippen LogP contribution is 2.31. The predicted octanol–water partition coefficient (Wildman–Crippen LogP) is 2.91. The van der Waals surface area contributed by atoms with E-state index in [0.717, 1.165) is 18.4 Å². The molecule has 2 N–H and O–H groups in total. The van der Waals surface area contributed by atoms with Crippen LogP contribution in [0.1, 0.15) is 38.4 Å². The van der Waals surface area contributed by atoms with E-state index in [4.69, 9.17) is 10.5 Å². The van der Waals surface area contributed by atoms with Gasteiger partial charge in [0, 0.05) is 13.1 Å². The molecule has 1 saturated heterocycles. The molecule has 1 fully saturated rings. The maximum absolute atomic E-state index is 13.4. The lowest BCUT2D eigenvalue weighted by atomic mass is 9.80. The van der Waals surface area contributed by atoms with Gasteiger partial charge in [-0.3, -0.25) is 4.79 Å². The lowest BCUT2D eigenvalue weighted by Gasteiger charge is -2.39. The first kappa shape index (κ1) is 19.9. The Morgan fingerprint density at radius 1 is 1.43 bits per heavy atom. The first-order valence-electron chi connectivity index (χ1n) is 7.92. The molecule has 1 aliphatic rings. The van der Waals surface area contributed by atoms with Crippen LogP contribution in [-0.2, 0) is 9.53 Å². The van der Waals surface area contributed by atoms with Gasteiger partial charge in [-0.2, -0.15) is 0 Å². The number of hydrogen-bond acceptors (Lipinski definition) is 3. The monoisotopic (exact) mass is 344 g/mol. The second kappa shape index (κ2) is 8.62. The number of carbonyl (C=O) groups is 1. The molecular weight excluding hydrogens is 319 g/mol. The van der Waals surface area contributed by atoms with Gasteiger partial charge in [0.05, 0.1) is 18.6 Å². The molecule has 6 heteroatoms. The number of nitrogens with zero attached hydrogens (tertiary/aromatic N) is 1. The summed E-state index contributed by atoms with van der Waals surface area (Å²) in [6.07, 6.45) is 1.17. The molecule has 23 heavy (non-hydrogen) atoms. The summed E-state index contributed by atoms with van der Waals surface area (Å²) in [5.74, 6) is -0.201. The highest BCUT2D eigenvalue weighted by Gasteiger charge is 2.38. The van der Waals surface area contributed by atoms with Crippen LogP contribution in [0.15, 0.2) is 24.3 Å². The van der Waals surface area contributed by atoms with Crippen LogP contribution in [0.25, 0.3) is 0 Å². The SMILES string of the molecule is CCC(CC)(CN)C(=O)N1CCOC(c2cccc(F)c2)C1.Cl. The number of carbonyl (C=O) groups excluding carboxylic acids is 1. The molecule has 1 amide bonds. The molecule has 0 radical (unpaired) electrons. The summed E-state index contributed by atoms with van der Waals surface area (Å²) in [7, 11) is 0. The fourth-order valence-electron chi connectivity index (χ4n) is 3.01. The molecule has 4 nitrogen and oxygen atoms in total. The summed E-state index contributed by atoms with van der Waals surface area (Å²) in [6, 6.07) is 6.37. The number of morpholine rings is 1. The van der Waals surface area contributed by atoms with Crippen molar-refractivity contribution in [1.82, 2.24) is 4.90 Å². The molecule has 1 aromatic rings. The van der Waals surface area contributed by atoms with E-state index in [9.17, 15) is 9.18 Å². The maximum Gasteiger partial charge on any atom is 0.230 e. The van der Waals surface area contributed by atoms with Crippen LogP contribution in [0.5, 0.6) is 0 Å². The Kier molecular flexibility index (Phi) is 7.45. The van der Waals surface area contributed by atoms with Gasteiger partial charge >= 0.3 is 0 Å². The number of rotatable bonds is 5. The van der Waals surface area contributed by atoms with Crippen LogP contribution in [-0.4, -0.2) is 37.0 Å². The van der Waals surface area contributed by atoms with E-state index in [0.29, 0.717) is 26.2 Å². The number of hydrogen-bond donors (Lipinski definition) is 1. The van der Waals surface area contributed by atoms with Gasteiger partial charge < -0.3 is 15.4 Å². The molecule has 0 bridgehead atoms. The summed E-state index contributed by atoms with van der Waals surface area (Å²) in [6.45, 7) is 5.82. The Morgan fingerprint density at radius 3 is 2.70 bits per heavy atom. The van der Waals surface area contributed by atoms with Crippen molar-refractivity contribution in [2.24, 2.45) is 11.1 Å². The van der Waals surface area contributed by atoms with E-state index in [-0.39, 0.29) is 30.2 Å². The fraction of sp³-hybridized carbons (Fsp3) is 0.588. The van der Waals surface area contributed by atoms with Crippen LogP contribution in [0, 0.1) is 11.2 Å². The largest absolute Gasteiger partial charge is 0.370 e. The Bertz CT molecular complexity index is 515. The van der Waals surface area contributed by atoms with Gasteiger partial charge in [-0.15, -0.1) is 12.4 Å². The second-order valence-corrected chi connectivity index (χ2v) is 5.86. The van der Waals surface area contributed by atoms with Gasteiger partial charge in [0.15, 0.2) is 0 Å². The summed E-state index contributed by atoms with van der Waals surface area (Å²) in [5.41, 5.74) is 6.14. The molecule has 0 aliphatic carbocycles. The molecule has 1 heterocycles. The lowest BCUT2D eigenvalue weighted by Crippen LogP contribution is -2.51. The molecule has 0 spiro atoms. The van der Waals surface area contributed by atoms with E-state index in [1.807, 2.05) is 24.8 Å². The van der Waals surface area contributed by atoms with Gasteiger partial charge in [-0.25, -0.2) is 4.39 Å². The van der Waals surface area contributed by atoms with Crippen LogP contribution in [0.3, 0.4) is 0 Å². The lowest BCUT2D eigenvalue weighted by molar-refractivity contribution is -0.150. The molecule has 1 atom stereocenters. The number of halogens is 2. The van der Waals surface area contributed by atoms with Crippen molar-refractivity contribution in [3.05, 3.63) is 35.6 Å². The quantitative estimate of drug-likeness (QED) is 0.893. The van der Waals surface area contributed by atoms with Crippen molar-refractivity contribution in [2.75, 3.05) is 26.2 Å². The maximum atomic E-state index is 13.4. The predicted molar refractivity (Wildman–Crippen MR) is 91.0 cm³/mol. The average Bonchev–Trinajstić information content (AvgIpc) is 2.57. The van der Waals surface area contributed by atoms with Crippen molar-refractivity contribution < 1.29 is 13.9 Å². The molecule has 1 aromatic carbocycles. The van der Waals surface area contributed by atoms with Crippen molar-refractivity contribution >= 4 is 18.3 Å². The Labute approximate surface area is 143 Å². The van der Waals surface area contributed by atoms with Gasteiger partial charge in [-0.05, 0) is 30.5 Å². The minimum absolute atomic E-state index is 0. The first-order valence-corrected chi connectivity index (χ1v) is 7.92. The van der Waals surface area contributed by atoms with Crippen molar-refractivity contribution in [1.29, 1.82) is 0 Å². The Hall–Kier alpha value is -1.17. The standard InChI is InChI=1S/C17H25FN2O2.ClH/c1-3-17(4-2,12-19)16(21)20-8-9-22-15(11-20)13-6-5-7-14(18)10-13;/h5-7,10,15H,3-4,8-9,11-12,19H2,1-2H3;1H. The minimum atomic E-state index is -0.496. The molecular formula is C17H26ClFN2O2. The third-order valence-corrected chi connectivity index (χ3v) is 4.77. The number of nitrogens with two attached hydrogens (primary N) is 1. The van der Waals surface area contributed by atoms with Crippen molar-refractivity contribution in [3.8, 4) is 0 Å². The third-order valence-electron chi connectivity index (χ3n) is 4.77. The molecule has 0 aromatic heterocycles. The third kappa shape index (κ3) is 4.22. The van der Waals surface area contributed by atoms with E-state index in [2.05, 4.69) is 0 Å². The smallest absolute Gasteiger partial charge is 0.230 e. The number of ether oxygens (including phenoxy) is 1. The Balaban J connectivity index is 0.00000264. The molecule has 1 aliphatic heterocycles. The fourth-order valence-corrected chi connectivity index (χ4v) is 3.01. The Morgan fingerprint density at radius 2 is 2.13 bits per heavy atom. The molecule has 130 valence electrons. The zero-order valence-corrected chi connectivity index (χ0v) is 14.6. The minimum Gasteiger partial charge on any atom is -0.370 e. The van der Waals surface area contributed by atoms with Crippen molar-refractivity contribution in [2.45, 2.75) is 32.8 Å². The zero-order chi connectivity index (χ0) is 16.2. The van der Waals surface area contributed by atoms with Crippen LogP contribution in [0.4, 0.5) is 4.39 Å². The highest BCUT2D eigenvalue weighted by molar-refractivity contribution is 5.85. The van der Waals surface area contributed by atoms with Crippen LogP contribution < -0.4 is 5.73 Å². The van der Waals surface area contributed by atoms with E-state index in [1.54, 1.807) is 6.07 Å². The second-order valence-electron chi connectivity index (χ2n) is 5.86. The van der Waals surface area contributed by atoms with Crippen molar-refractivity contribution in [3.63, 3.8) is 0 Å². The van der Waals surface area contributed by atoms with Gasteiger partial charge in [0.2, 0.25) is 5.91 Å². The molecule has 2 rings (SSSR count). The number of benzene rings is 1. The normalized spacial score (nSPS) is 18.4. The summed E-state index contributed by atoms with van der Waals surface area (Å²) >= 11 is 0. The van der Waals surface area contributed by atoms with Gasteiger partial charge in [-0.1, -0.05) is 26.0 Å². The topological polar surface area (TPSA) is 55.6 Å². The van der Waals surface area contributed by atoms with E-state index < -0.39 is 5.41 Å². The summed E-state index contributed by atoms with van der Waals surface area (Å²) in [4.78, 5) is 14.7. The number of amides is 1. The van der Waals surface area contributed by atoms with E-state index in [1.165, 1.54) is 12.1 Å². The molecule has 0 saturated carbocycles. The van der Waals surface area contributed by atoms with Crippen LogP contribution in [0.2, 0.25) is 0 Å². The first-order chi connectivity index (χ1) is 10.6. The zero-order valence-electron chi connectivity index (χ0n) is 13.8. The van der Waals surface area contributed by atoms with Gasteiger partial charge in [0.25, 0.3) is 0 Å². The summed E-state index contributed by atoms with van der Waals surface area (Å²) < 4.78 is 19.1. The average molecular weight is 345 g/mol. The molecule has 1 unspecified atom stereocenters. The summed E-state index contributed by atoms with van der Waals surface area (Å²) in [5, 5.41) is 0.